The molecule has 4 rings (SSSR count). The standard InChI is InChI=1S/C23H23N3O4/c1-2-25(15-18-16-29-20-10-6-7-11-21(20)30-18)23(28)19-12-13-22(27)26(24-19)14-17-8-4-3-5-9-17/h3-13,18H,2,14-16H2,1H3. The zero-order valence-corrected chi connectivity index (χ0v) is 16.7. The molecule has 1 amide bonds. The molecule has 0 saturated heterocycles. The molecule has 1 aliphatic rings. The zero-order chi connectivity index (χ0) is 20.9. The van der Waals surface area contributed by atoms with Crippen LogP contribution in [0.15, 0.2) is 71.5 Å². The van der Waals surface area contributed by atoms with Crippen LogP contribution in [0.25, 0.3) is 0 Å². The number of ether oxygens (including phenoxy) is 2. The van der Waals surface area contributed by atoms with Crippen LogP contribution in [0.1, 0.15) is 23.0 Å². The minimum atomic E-state index is -0.279. The van der Waals surface area contributed by atoms with Crippen LogP contribution in [0.2, 0.25) is 0 Å². The maximum absolute atomic E-state index is 13.1. The van der Waals surface area contributed by atoms with Gasteiger partial charge in [-0.2, -0.15) is 5.10 Å². The van der Waals surface area contributed by atoms with Crippen molar-refractivity contribution in [2.24, 2.45) is 0 Å². The molecule has 2 heterocycles. The Hall–Kier alpha value is -3.61. The summed E-state index contributed by atoms with van der Waals surface area (Å²) in [6, 6.07) is 19.9. The van der Waals surface area contributed by atoms with E-state index in [9.17, 15) is 9.59 Å². The molecular formula is C23H23N3O4. The third kappa shape index (κ3) is 4.35. The second-order valence-electron chi connectivity index (χ2n) is 7.04. The number of carbonyl (C=O) groups is 1. The van der Waals surface area contributed by atoms with Crippen LogP contribution in [0.4, 0.5) is 0 Å². The second-order valence-corrected chi connectivity index (χ2v) is 7.04. The molecular weight excluding hydrogens is 382 g/mol. The number of aromatic nitrogens is 2. The molecule has 2 aromatic carbocycles. The largest absolute Gasteiger partial charge is 0.486 e. The maximum atomic E-state index is 13.1. The number of amides is 1. The Morgan fingerprint density at radius 3 is 2.57 bits per heavy atom. The van der Waals surface area contributed by atoms with E-state index in [0.29, 0.717) is 37.7 Å². The monoisotopic (exact) mass is 405 g/mol. The molecule has 0 aliphatic carbocycles. The molecule has 1 aliphatic heterocycles. The van der Waals surface area contributed by atoms with Crippen molar-refractivity contribution in [3.05, 3.63) is 88.3 Å². The summed E-state index contributed by atoms with van der Waals surface area (Å²) in [5, 5.41) is 4.31. The first-order chi connectivity index (χ1) is 14.6. The van der Waals surface area contributed by atoms with E-state index in [-0.39, 0.29) is 23.3 Å². The number of hydrogen-bond donors (Lipinski definition) is 0. The average molecular weight is 405 g/mol. The summed E-state index contributed by atoms with van der Waals surface area (Å²) in [4.78, 5) is 26.9. The maximum Gasteiger partial charge on any atom is 0.274 e. The van der Waals surface area contributed by atoms with Crippen molar-refractivity contribution < 1.29 is 14.3 Å². The molecule has 3 aromatic rings. The summed E-state index contributed by atoms with van der Waals surface area (Å²) in [5.41, 5.74) is 0.916. The van der Waals surface area contributed by atoms with Gasteiger partial charge in [-0.1, -0.05) is 42.5 Å². The quantitative estimate of drug-likeness (QED) is 0.630. The summed E-state index contributed by atoms with van der Waals surface area (Å²) >= 11 is 0. The van der Waals surface area contributed by atoms with Gasteiger partial charge in [0.25, 0.3) is 11.5 Å². The Morgan fingerprint density at radius 2 is 1.80 bits per heavy atom. The van der Waals surface area contributed by atoms with Crippen molar-refractivity contribution in [2.75, 3.05) is 19.7 Å². The minimum Gasteiger partial charge on any atom is -0.486 e. The molecule has 7 heteroatoms. The lowest BCUT2D eigenvalue weighted by atomic mass is 10.2. The van der Waals surface area contributed by atoms with Gasteiger partial charge >= 0.3 is 0 Å². The third-order valence-corrected chi connectivity index (χ3v) is 4.92. The van der Waals surface area contributed by atoms with E-state index in [1.165, 1.54) is 16.8 Å². The van der Waals surface area contributed by atoms with E-state index in [2.05, 4.69) is 5.10 Å². The molecule has 0 fully saturated rings. The van der Waals surface area contributed by atoms with E-state index in [0.717, 1.165) is 5.56 Å². The van der Waals surface area contributed by atoms with Gasteiger partial charge in [0.15, 0.2) is 17.6 Å². The normalized spacial score (nSPS) is 14.9. The lowest BCUT2D eigenvalue weighted by Gasteiger charge is -2.30. The number of benzene rings is 2. The van der Waals surface area contributed by atoms with Gasteiger partial charge in [0.2, 0.25) is 0 Å². The lowest BCUT2D eigenvalue weighted by molar-refractivity contribution is 0.0469. The van der Waals surface area contributed by atoms with Crippen LogP contribution in [0.3, 0.4) is 0 Å². The van der Waals surface area contributed by atoms with Crippen molar-refractivity contribution in [1.29, 1.82) is 0 Å². The predicted molar refractivity (Wildman–Crippen MR) is 112 cm³/mol. The number of hydrogen-bond acceptors (Lipinski definition) is 5. The van der Waals surface area contributed by atoms with E-state index in [4.69, 9.17) is 9.47 Å². The molecule has 154 valence electrons. The summed E-state index contributed by atoms with van der Waals surface area (Å²) in [5.74, 6) is 1.13. The van der Waals surface area contributed by atoms with Crippen LogP contribution >= 0.6 is 0 Å². The highest BCUT2D eigenvalue weighted by atomic mass is 16.6. The highest BCUT2D eigenvalue weighted by Crippen LogP contribution is 2.31. The fourth-order valence-electron chi connectivity index (χ4n) is 3.35. The fraction of sp³-hybridized carbons (Fsp3) is 0.261. The van der Waals surface area contributed by atoms with Crippen molar-refractivity contribution in [3.63, 3.8) is 0 Å². The lowest BCUT2D eigenvalue weighted by Crippen LogP contribution is -2.44. The summed E-state index contributed by atoms with van der Waals surface area (Å²) in [6.45, 7) is 3.42. The van der Waals surface area contributed by atoms with Crippen molar-refractivity contribution in [3.8, 4) is 11.5 Å². The van der Waals surface area contributed by atoms with Crippen LogP contribution < -0.4 is 15.0 Å². The molecule has 1 aromatic heterocycles. The number of carbonyl (C=O) groups excluding carboxylic acids is 1. The van der Waals surface area contributed by atoms with Crippen molar-refractivity contribution >= 4 is 5.91 Å². The van der Waals surface area contributed by atoms with Gasteiger partial charge in [0.05, 0.1) is 13.1 Å². The number of rotatable bonds is 6. The Balaban J connectivity index is 1.48. The molecule has 30 heavy (non-hydrogen) atoms. The van der Waals surface area contributed by atoms with E-state index >= 15 is 0 Å². The van der Waals surface area contributed by atoms with Gasteiger partial charge in [0.1, 0.15) is 12.3 Å². The first kappa shape index (κ1) is 19.7. The van der Waals surface area contributed by atoms with E-state index < -0.39 is 0 Å². The topological polar surface area (TPSA) is 73.7 Å². The van der Waals surface area contributed by atoms with Gasteiger partial charge < -0.3 is 14.4 Å². The predicted octanol–water partition coefficient (Wildman–Crippen LogP) is 2.59. The molecule has 0 radical (unpaired) electrons. The molecule has 1 atom stereocenters. The number of likely N-dealkylation sites (N-methyl/N-ethyl adjacent to an activating group) is 1. The number of fused-ring (bicyclic) bond motifs is 1. The second kappa shape index (κ2) is 8.82. The molecule has 0 bridgehead atoms. The fourth-order valence-corrected chi connectivity index (χ4v) is 3.35. The van der Waals surface area contributed by atoms with Crippen LogP contribution in [-0.2, 0) is 6.54 Å². The first-order valence-electron chi connectivity index (χ1n) is 9.94. The van der Waals surface area contributed by atoms with Crippen LogP contribution in [-0.4, -0.2) is 46.4 Å². The number of nitrogens with zero attached hydrogens (tertiary/aromatic N) is 3. The van der Waals surface area contributed by atoms with Crippen molar-refractivity contribution in [2.45, 2.75) is 19.6 Å². The molecule has 1 unspecified atom stereocenters. The Morgan fingerprint density at radius 1 is 1.07 bits per heavy atom. The molecule has 0 spiro atoms. The number of para-hydroxylation sites is 2. The minimum absolute atomic E-state index is 0.226. The molecule has 7 nitrogen and oxygen atoms in total. The average Bonchev–Trinajstić information content (AvgIpc) is 2.79. The first-order valence-corrected chi connectivity index (χ1v) is 9.94. The summed E-state index contributed by atoms with van der Waals surface area (Å²) in [6.07, 6.45) is -0.279. The SMILES string of the molecule is CCN(CC1COc2ccccc2O1)C(=O)c1ccc(=O)n(Cc2ccccc2)n1. The van der Waals surface area contributed by atoms with Gasteiger partial charge in [-0.15, -0.1) is 0 Å². The van der Waals surface area contributed by atoms with Gasteiger partial charge in [0, 0.05) is 12.6 Å². The Kier molecular flexibility index (Phi) is 5.79. The summed E-state index contributed by atoms with van der Waals surface area (Å²) in [7, 11) is 0. The van der Waals surface area contributed by atoms with Gasteiger partial charge in [-0.25, -0.2) is 4.68 Å². The van der Waals surface area contributed by atoms with E-state index in [1.807, 2.05) is 61.5 Å². The molecule has 0 N–H and O–H groups in total. The highest BCUT2D eigenvalue weighted by Gasteiger charge is 2.26. The highest BCUT2D eigenvalue weighted by molar-refractivity contribution is 5.92. The van der Waals surface area contributed by atoms with Crippen LogP contribution in [0.5, 0.6) is 11.5 Å². The molecule has 0 saturated carbocycles. The Bertz CT molecular complexity index is 1080. The van der Waals surface area contributed by atoms with Crippen LogP contribution in [0, 0.1) is 0 Å². The van der Waals surface area contributed by atoms with Crippen molar-refractivity contribution in [1.82, 2.24) is 14.7 Å². The Labute approximate surface area is 174 Å². The van der Waals surface area contributed by atoms with Gasteiger partial charge in [-0.3, -0.25) is 9.59 Å². The zero-order valence-electron chi connectivity index (χ0n) is 16.7. The van der Waals surface area contributed by atoms with Gasteiger partial charge in [-0.05, 0) is 30.7 Å². The van der Waals surface area contributed by atoms with E-state index in [1.54, 1.807) is 4.90 Å². The third-order valence-electron chi connectivity index (χ3n) is 4.92. The summed E-state index contributed by atoms with van der Waals surface area (Å²) < 4.78 is 13.0. The smallest absolute Gasteiger partial charge is 0.274 e.